The first-order valence-electron chi connectivity index (χ1n) is 20.2. The molecule has 0 aliphatic carbocycles. The number of aliphatic hydroxyl groups is 2. The van der Waals surface area contributed by atoms with Gasteiger partial charge in [-0.05, 0) is 27.0 Å². The summed E-state index contributed by atoms with van der Waals surface area (Å²) in [5.74, 6) is -8.50. The maximum Gasteiger partial charge on any atom is 0.312 e. The molecule has 1 amide bonds. The second kappa shape index (κ2) is 16.8. The van der Waals surface area contributed by atoms with E-state index in [0.29, 0.717) is 26.2 Å². The number of nitrogens with one attached hydrogen (secondary N) is 1. The van der Waals surface area contributed by atoms with Crippen LogP contribution in [-0.4, -0.2) is 142 Å². The normalized spacial score (nSPS) is 35.2. The number of phenols is 3. The number of benzene rings is 2. The highest BCUT2D eigenvalue weighted by molar-refractivity contribution is 6.23. The number of ether oxygens (including phenoxy) is 5. The second-order valence-electron chi connectivity index (χ2n) is 16.9. The number of esters is 1. The minimum atomic E-state index is -2.05. The number of aliphatic hydroxyl groups excluding tert-OH is 2. The number of methoxy groups -OCH3 is 1. The Morgan fingerprint density at radius 3 is 2.23 bits per heavy atom. The predicted octanol–water partition coefficient (Wildman–Crippen LogP) is 3.55. The number of likely N-dealkylation sites (N-methyl/N-ethyl adjacent to an activating group) is 1. The molecule has 2 aromatic rings. The number of hydrogen-bond acceptors (Lipinski definition) is 16. The summed E-state index contributed by atoms with van der Waals surface area (Å²) >= 11 is 0. The summed E-state index contributed by atoms with van der Waals surface area (Å²) in [7, 11) is 3.42. The number of piperazine rings is 1. The minimum absolute atomic E-state index is 0.0480. The summed E-state index contributed by atoms with van der Waals surface area (Å²) < 4.78 is 29.5. The molecule has 5 aliphatic heterocycles. The fourth-order valence-corrected chi connectivity index (χ4v) is 8.41. The van der Waals surface area contributed by atoms with Crippen LogP contribution in [0.1, 0.15) is 70.0 Å². The molecule has 11 atom stereocenters. The molecule has 5 aliphatic rings. The average Bonchev–Trinajstić information content (AvgIpc) is 3.82. The number of carbonyl (C=O) groups is 3. The van der Waals surface area contributed by atoms with Gasteiger partial charge in [0.25, 0.3) is 11.7 Å². The maximum atomic E-state index is 14.5. The Balaban J connectivity index is 1.51. The van der Waals surface area contributed by atoms with E-state index in [4.69, 9.17) is 23.7 Å². The molecule has 0 spiro atoms. The van der Waals surface area contributed by atoms with Crippen molar-refractivity contribution in [2.45, 2.75) is 97.3 Å². The minimum Gasteiger partial charge on any atom is -0.507 e. The molecule has 6 N–H and O–H groups in total. The Morgan fingerprint density at radius 2 is 1.60 bits per heavy atom. The van der Waals surface area contributed by atoms with Gasteiger partial charge >= 0.3 is 11.8 Å². The third kappa shape index (κ3) is 8.00. The number of nitrogens with zero attached hydrogens (tertiary/aromatic N) is 3. The molecule has 5 bridgehead atoms. The predicted molar refractivity (Wildman–Crippen MR) is 220 cm³/mol. The summed E-state index contributed by atoms with van der Waals surface area (Å²) in [6.45, 7) is 15.1. The number of carbonyl (C=O) groups excluding carboxylic acids is 3. The molecule has 0 radical (unpaired) electrons. The summed E-state index contributed by atoms with van der Waals surface area (Å²) in [5, 5.41) is 67.2. The zero-order valence-electron chi connectivity index (χ0n) is 35.8. The number of fused-ring (bicyclic) bond motifs is 12. The fraction of sp³-hybridized carbons (Fsp3) is 0.581. The van der Waals surface area contributed by atoms with Crippen molar-refractivity contribution < 1.29 is 63.6 Å². The number of epoxide rings is 1. The van der Waals surface area contributed by atoms with Crippen LogP contribution in [0.5, 0.6) is 23.0 Å². The Bertz CT molecular complexity index is 2120. The molecular formula is C43H58N4O13. The number of Topliss-reactive ketones (excluding diaryl/α,β-unsaturated/α-hetero) is 1. The highest BCUT2D eigenvalue weighted by Crippen LogP contribution is 2.55. The van der Waals surface area contributed by atoms with Crippen LogP contribution in [0.4, 0.5) is 5.69 Å². The van der Waals surface area contributed by atoms with Gasteiger partial charge in [-0.25, -0.2) is 0 Å². The molecule has 2 aromatic carbocycles. The van der Waals surface area contributed by atoms with Gasteiger partial charge in [0.2, 0.25) is 0 Å². The number of phenolic OH excluding ortho intramolecular Hbond substituents is 3. The molecule has 0 aromatic heterocycles. The van der Waals surface area contributed by atoms with Crippen LogP contribution >= 0.6 is 0 Å². The molecule has 0 saturated carbocycles. The van der Waals surface area contributed by atoms with Crippen LogP contribution < -0.4 is 10.1 Å². The Morgan fingerprint density at radius 1 is 0.933 bits per heavy atom. The van der Waals surface area contributed by atoms with Crippen molar-refractivity contribution in [2.75, 3.05) is 45.7 Å². The smallest absolute Gasteiger partial charge is 0.312 e. The molecule has 17 heteroatoms. The molecule has 7 rings (SSSR count). The van der Waals surface area contributed by atoms with Gasteiger partial charge in [-0.2, -0.15) is 5.10 Å². The lowest BCUT2D eigenvalue weighted by Crippen LogP contribution is -2.46. The topological polar surface area (TPSA) is 233 Å². The number of anilines is 1. The first-order chi connectivity index (χ1) is 28.2. The first-order valence-corrected chi connectivity index (χ1v) is 20.2. The number of ketones is 1. The van der Waals surface area contributed by atoms with Gasteiger partial charge in [0.1, 0.15) is 29.5 Å². The van der Waals surface area contributed by atoms with E-state index >= 15 is 0 Å². The van der Waals surface area contributed by atoms with E-state index in [1.807, 2.05) is 7.05 Å². The number of hydrazone groups is 1. The van der Waals surface area contributed by atoms with Gasteiger partial charge in [0.15, 0.2) is 11.4 Å². The highest BCUT2D eigenvalue weighted by Gasteiger charge is 2.58. The van der Waals surface area contributed by atoms with Gasteiger partial charge < -0.3 is 59.4 Å². The first kappa shape index (κ1) is 44.6. The fourth-order valence-electron chi connectivity index (χ4n) is 8.41. The Kier molecular flexibility index (Phi) is 12.5. The molecule has 17 nitrogen and oxygen atoms in total. The molecular weight excluding hydrogens is 780 g/mol. The summed E-state index contributed by atoms with van der Waals surface area (Å²) in [5.41, 5.74) is -2.04. The van der Waals surface area contributed by atoms with Crippen molar-refractivity contribution in [1.29, 1.82) is 0 Å². The molecule has 328 valence electrons. The number of hydrogen-bond donors (Lipinski definition) is 6. The van der Waals surface area contributed by atoms with E-state index in [0.717, 1.165) is 0 Å². The standard InChI is InChI=1S/C43H58N4O13/c1-20-11-12-28-42(7,59-28)41(55)45-32-26(19-44-47-16-14-46(9)15-17-47)36(52)29-30(37(32)53)35(51)24(5)39-31(29)40(54)43(8,60-39)57-18-13-27(56-10)21(2)38(58-25(6)48)23(4)34(50)22(3)33(20)49/h11-13,18-23,27-28,33-34,38,49-53H,14-17H2,1-10H3,(H,45,55)/b12-11+,18-13+,44-19+/t20-,21+,22+,23+,27-,28?,33-,34+,38+,42?,43-/m0/s1. The van der Waals surface area contributed by atoms with Crippen LogP contribution in [0.15, 0.2) is 29.6 Å². The molecule has 5 heterocycles. The lowest BCUT2D eigenvalue weighted by Gasteiger charge is -2.38. The van der Waals surface area contributed by atoms with Gasteiger partial charge in [-0.1, -0.05) is 39.8 Å². The van der Waals surface area contributed by atoms with E-state index in [2.05, 4.69) is 15.3 Å². The Labute approximate surface area is 349 Å². The lowest BCUT2D eigenvalue weighted by molar-refractivity contribution is -0.160. The third-order valence-corrected chi connectivity index (χ3v) is 12.6. The largest absolute Gasteiger partial charge is 0.507 e. The maximum absolute atomic E-state index is 14.5. The van der Waals surface area contributed by atoms with E-state index < -0.39 is 100 Å². The molecule has 60 heavy (non-hydrogen) atoms. The average molecular weight is 839 g/mol. The third-order valence-electron chi connectivity index (χ3n) is 12.6. The molecule has 2 saturated heterocycles. The van der Waals surface area contributed by atoms with Crippen molar-refractivity contribution >= 4 is 40.3 Å². The van der Waals surface area contributed by atoms with Crippen molar-refractivity contribution in [3.8, 4) is 23.0 Å². The van der Waals surface area contributed by atoms with Crippen LogP contribution in [0.25, 0.3) is 10.8 Å². The highest BCUT2D eigenvalue weighted by atomic mass is 16.7. The van der Waals surface area contributed by atoms with Crippen LogP contribution in [0.2, 0.25) is 0 Å². The van der Waals surface area contributed by atoms with Crippen LogP contribution in [0.3, 0.4) is 0 Å². The number of aromatic hydroxyl groups is 3. The van der Waals surface area contributed by atoms with E-state index in [9.17, 15) is 39.9 Å². The van der Waals surface area contributed by atoms with E-state index in [1.165, 1.54) is 53.4 Å². The quantitative estimate of drug-likeness (QED) is 0.0646. The lowest BCUT2D eigenvalue weighted by atomic mass is 9.78. The van der Waals surface area contributed by atoms with Crippen molar-refractivity contribution in [3.05, 3.63) is 41.2 Å². The monoisotopic (exact) mass is 838 g/mol. The molecule has 2 fully saturated rings. The van der Waals surface area contributed by atoms with Crippen LogP contribution in [0, 0.1) is 30.6 Å². The zero-order valence-corrected chi connectivity index (χ0v) is 35.8. The Hall–Kier alpha value is -4.94. The van der Waals surface area contributed by atoms with Gasteiger partial charge in [0, 0.05) is 81.8 Å². The summed E-state index contributed by atoms with van der Waals surface area (Å²) in [6.07, 6.45) is 2.58. The zero-order chi connectivity index (χ0) is 44.2. The van der Waals surface area contributed by atoms with E-state index in [1.54, 1.807) is 44.9 Å². The van der Waals surface area contributed by atoms with Crippen molar-refractivity contribution in [3.63, 3.8) is 0 Å². The van der Waals surface area contributed by atoms with Gasteiger partial charge in [-0.3, -0.25) is 19.4 Å². The molecule has 2 unspecified atom stereocenters. The van der Waals surface area contributed by atoms with Gasteiger partial charge in [-0.15, -0.1) is 0 Å². The van der Waals surface area contributed by atoms with Crippen molar-refractivity contribution in [2.24, 2.45) is 28.8 Å². The number of amides is 1. The van der Waals surface area contributed by atoms with Crippen LogP contribution in [-0.2, 0) is 28.5 Å². The van der Waals surface area contributed by atoms with Crippen molar-refractivity contribution in [1.82, 2.24) is 9.91 Å². The van der Waals surface area contributed by atoms with Gasteiger partial charge in [0.05, 0.1) is 53.0 Å². The SMILES string of the molecule is CO[C@H]1/C=C/O[C@@]2(C)Oc3c(C)c(O)c4c(O)c(c(/C=N/N5CCN(C)CC5)c(O)c4c3C2=O)NC(=O)C2(C)OC2/C=C/[C@H](C)[C@H](O)[C@@H](C)[C@@H](O)[C@@H](C)[C@H](OC(C)=O)[C@@H]1C. The summed E-state index contributed by atoms with van der Waals surface area (Å²) in [6, 6.07) is 0. The number of rotatable bonds is 4. The second-order valence-corrected chi connectivity index (χ2v) is 16.9. The summed E-state index contributed by atoms with van der Waals surface area (Å²) in [4.78, 5) is 43.0. The van der Waals surface area contributed by atoms with E-state index in [-0.39, 0.29) is 38.9 Å².